The molecule has 1 aliphatic heterocycles. The van der Waals surface area contributed by atoms with Crippen molar-refractivity contribution in [1.29, 1.82) is 0 Å². The number of carbonyl (C=O) groups excluding carboxylic acids is 2. The minimum atomic E-state index is -0.921. The van der Waals surface area contributed by atoms with Crippen molar-refractivity contribution < 1.29 is 19.1 Å². The van der Waals surface area contributed by atoms with E-state index in [2.05, 4.69) is 11.4 Å². The average molecular weight is 415 g/mol. The second kappa shape index (κ2) is 9.33. The Morgan fingerprint density at radius 3 is 2.55 bits per heavy atom. The number of amides is 1. The molecule has 0 aliphatic carbocycles. The standard InChI is InChI=1S/C22H26N2O4S/c1-14-5-10-18-19(13-14)29-21(16-6-8-17(27-4)9-7-16)20(28-15(2)25)22(26)24(18)12-11-23-3/h5-10,13,20-21,23H,11-12H2,1-4H3. The first-order chi connectivity index (χ1) is 13.9. The van der Waals surface area contributed by atoms with Crippen molar-refractivity contribution in [2.75, 3.05) is 32.1 Å². The van der Waals surface area contributed by atoms with Crippen LogP contribution in [0.25, 0.3) is 0 Å². The predicted octanol–water partition coefficient (Wildman–Crippen LogP) is 3.33. The van der Waals surface area contributed by atoms with E-state index in [1.54, 1.807) is 23.8 Å². The summed E-state index contributed by atoms with van der Waals surface area (Å²) in [6, 6.07) is 13.6. The van der Waals surface area contributed by atoms with Crippen molar-refractivity contribution in [2.24, 2.45) is 0 Å². The lowest BCUT2D eigenvalue weighted by molar-refractivity contribution is -0.152. The van der Waals surface area contributed by atoms with E-state index in [1.807, 2.05) is 50.4 Å². The van der Waals surface area contributed by atoms with E-state index in [9.17, 15) is 9.59 Å². The Hall–Kier alpha value is -2.51. The van der Waals surface area contributed by atoms with Gasteiger partial charge in [0.05, 0.1) is 18.0 Å². The summed E-state index contributed by atoms with van der Waals surface area (Å²) in [7, 11) is 3.45. The fourth-order valence-corrected chi connectivity index (χ4v) is 4.74. The van der Waals surface area contributed by atoms with Crippen LogP contribution in [0, 0.1) is 6.92 Å². The van der Waals surface area contributed by atoms with Crippen LogP contribution in [-0.4, -0.2) is 45.2 Å². The van der Waals surface area contributed by atoms with E-state index >= 15 is 0 Å². The predicted molar refractivity (Wildman–Crippen MR) is 115 cm³/mol. The molecule has 6 nitrogen and oxygen atoms in total. The summed E-state index contributed by atoms with van der Waals surface area (Å²) in [4.78, 5) is 28.1. The number of rotatable bonds is 6. The van der Waals surface area contributed by atoms with Crippen LogP contribution in [-0.2, 0) is 14.3 Å². The maximum atomic E-state index is 13.5. The molecule has 0 saturated heterocycles. The molecule has 0 radical (unpaired) electrons. The summed E-state index contributed by atoms with van der Waals surface area (Å²) in [5.74, 6) is 0.0409. The second-order valence-electron chi connectivity index (χ2n) is 6.91. The number of esters is 1. The van der Waals surface area contributed by atoms with Gasteiger partial charge < -0.3 is 19.7 Å². The normalized spacial score (nSPS) is 18.8. The number of nitrogens with one attached hydrogen (secondary N) is 1. The van der Waals surface area contributed by atoms with Gasteiger partial charge in [-0.3, -0.25) is 9.59 Å². The zero-order valence-corrected chi connectivity index (χ0v) is 17.9. The van der Waals surface area contributed by atoms with E-state index in [0.717, 1.165) is 27.5 Å². The fourth-order valence-electron chi connectivity index (χ4n) is 3.32. The molecule has 0 spiro atoms. The van der Waals surface area contributed by atoms with Crippen molar-refractivity contribution in [2.45, 2.75) is 30.1 Å². The number of thioether (sulfide) groups is 1. The van der Waals surface area contributed by atoms with Crippen molar-refractivity contribution in [3.8, 4) is 5.75 Å². The van der Waals surface area contributed by atoms with Gasteiger partial charge in [-0.05, 0) is 49.4 Å². The van der Waals surface area contributed by atoms with Gasteiger partial charge in [-0.2, -0.15) is 0 Å². The van der Waals surface area contributed by atoms with E-state index < -0.39 is 12.1 Å². The third-order valence-corrected chi connectivity index (χ3v) is 6.12. The lowest BCUT2D eigenvalue weighted by Gasteiger charge is -2.27. The zero-order chi connectivity index (χ0) is 21.0. The van der Waals surface area contributed by atoms with Gasteiger partial charge in [-0.1, -0.05) is 18.2 Å². The topological polar surface area (TPSA) is 67.9 Å². The molecule has 3 rings (SSSR count). The maximum Gasteiger partial charge on any atom is 0.303 e. The van der Waals surface area contributed by atoms with Crippen LogP contribution in [0.3, 0.4) is 0 Å². The highest BCUT2D eigenvalue weighted by Gasteiger charge is 2.40. The highest BCUT2D eigenvalue weighted by molar-refractivity contribution is 7.99. The molecule has 2 atom stereocenters. The summed E-state index contributed by atoms with van der Waals surface area (Å²) >= 11 is 1.55. The number of ether oxygens (including phenoxy) is 2. The Balaban J connectivity index is 2.10. The third-order valence-electron chi connectivity index (χ3n) is 4.77. The van der Waals surface area contributed by atoms with Gasteiger partial charge in [0.25, 0.3) is 5.91 Å². The number of hydrogen-bond acceptors (Lipinski definition) is 6. The zero-order valence-electron chi connectivity index (χ0n) is 17.1. The highest BCUT2D eigenvalue weighted by atomic mass is 32.2. The van der Waals surface area contributed by atoms with Gasteiger partial charge in [0.1, 0.15) is 5.75 Å². The molecule has 29 heavy (non-hydrogen) atoms. The Bertz CT molecular complexity index is 885. The van der Waals surface area contributed by atoms with Crippen LogP contribution in [0.5, 0.6) is 5.75 Å². The van der Waals surface area contributed by atoms with Gasteiger partial charge >= 0.3 is 5.97 Å². The molecule has 2 unspecified atom stereocenters. The minimum Gasteiger partial charge on any atom is -0.497 e. The molecule has 1 aliphatic rings. The maximum absolute atomic E-state index is 13.5. The number of anilines is 1. The quantitative estimate of drug-likeness (QED) is 0.732. The Morgan fingerprint density at radius 2 is 1.93 bits per heavy atom. The summed E-state index contributed by atoms with van der Waals surface area (Å²) in [6.45, 7) is 4.48. The largest absolute Gasteiger partial charge is 0.497 e. The number of hydrogen-bond donors (Lipinski definition) is 1. The van der Waals surface area contributed by atoms with E-state index in [-0.39, 0.29) is 11.2 Å². The van der Waals surface area contributed by atoms with Crippen LogP contribution in [0.2, 0.25) is 0 Å². The molecule has 0 saturated carbocycles. The SMILES string of the molecule is CNCCN1C(=O)C(OC(C)=O)C(c2ccc(OC)cc2)Sc2cc(C)ccc21. The van der Waals surface area contributed by atoms with Crippen molar-refractivity contribution in [3.63, 3.8) is 0 Å². The molecular formula is C22H26N2O4S. The molecule has 0 fully saturated rings. The molecule has 1 amide bonds. The smallest absolute Gasteiger partial charge is 0.303 e. The third kappa shape index (κ3) is 4.74. The molecular weight excluding hydrogens is 388 g/mol. The number of likely N-dealkylation sites (N-methyl/N-ethyl adjacent to an activating group) is 1. The van der Waals surface area contributed by atoms with Gasteiger partial charge in [-0.25, -0.2) is 0 Å². The van der Waals surface area contributed by atoms with Gasteiger partial charge in [0, 0.05) is 24.9 Å². The average Bonchev–Trinajstić information content (AvgIpc) is 2.81. The minimum absolute atomic E-state index is 0.216. The van der Waals surface area contributed by atoms with E-state index in [0.29, 0.717) is 13.1 Å². The number of aryl methyl sites for hydroxylation is 1. The first-order valence-corrected chi connectivity index (χ1v) is 10.4. The van der Waals surface area contributed by atoms with Crippen molar-refractivity contribution >= 4 is 29.3 Å². The first-order valence-electron chi connectivity index (χ1n) is 9.49. The molecule has 0 bridgehead atoms. The van der Waals surface area contributed by atoms with Gasteiger partial charge in [0.2, 0.25) is 0 Å². The van der Waals surface area contributed by atoms with Crippen molar-refractivity contribution in [1.82, 2.24) is 5.32 Å². The molecule has 2 aromatic rings. The summed E-state index contributed by atoms with van der Waals surface area (Å²) in [5.41, 5.74) is 2.85. The second-order valence-corrected chi connectivity index (χ2v) is 8.09. The Labute approximate surface area is 175 Å². The molecule has 1 heterocycles. The number of nitrogens with zero attached hydrogens (tertiary/aromatic N) is 1. The molecule has 1 N–H and O–H groups in total. The van der Waals surface area contributed by atoms with Gasteiger partial charge in [-0.15, -0.1) is 11.8 Å². The number of benzene rings is 2. The Kier molecular flexibility index (Phi) is 6.82. The lowest BCUT2D eigenvalue weighted by atomic mass is 10.1. The first kappa shape index (κ1) is 21.2. The molecule has 2 aromatic carbocycles. The van der Waals surface area contributed by atoms with E-state index in [1.165, 1.54) is 6.92 Å². The highest BCUT2D eigenvalue weighted by Crippen LogP contribution is 2.47. The molecule has 154 valence electrons. The fraction of sp³-hybridized carbons (Fsp3) is 0.364. The molecule has 7 heteroatoms. The van der Waals surface area contributed by atoms with Crippen LogP contribution >= 0.6 is 11.8 Å². The van der Waals surface area contributed by atoms with Crippen LogP contribution in [0.15, 0.2) is 47.4 Å². The summed E-state index contributed by atoms with van der Waals surface area (Å²) < 4.78 is 10.8. The number of methoxy groups -OCH3 is 1. The van der Waals surface area contributed by atoms with E-state index in [4.69, 9.17) is 9.47 Å². The summed E-state index contributed by atoms with van der Waals surface area (Å²) in [6.07, 6.45) is -0.921. The van der Waals surface area contributed by atoms with Crippen LogP contribution < -0.4 is 15.0 Å². The lowest BCUT2D eigenvalue weighted by Crippen LogP contribution is -2.45. The monoisotopic (exact) mass is 414 g/mol. The summed E-state index contributed by atoms with van der Waals surface area (Å²) in [5, 5.41) is 2.72. The molecule has 0 aromatic heterocycles. The van der Waals surface area contributed by atoms with Crippen LogP contribution in [0.1, 0.15) is 23.3 Å². The number of carbonyl (C=O) groups is 2. The van der Waals surface area contributed by atoms with Gasteiger partial charge in [0.15, 0.2) is 6.10 Å². The Morgan fingerprint density at radius 1 is 1.21 bits per heavy atom. The van der Waals surface area contributed by atoms with Crippen LogP contribution in [0.4, 0.5) is 5.69 Å². The van der Waals surface area contributed by atoms with Crippen molar-refractivity contribution in [3.05, 3.63) is 53.6 Å². The number of fused-ring (bicyclic) bond motifs is 1.